The van der Waals surface area contributed by atoms with Crippen molar-refractivity contribution in [1.82, 2.24) is 19.9 Å². The van der Waals surface area contributed by atoms with Crippen LogP contribution in [0.1, 0.15) is 344 Å². The summed E-state index contributed by atoms with van der Waals surface area (Å²) in [7, 11) is 0. The fourth-order valence-corrected chi connectivity index (χ4v) is 16.5. The Kier molecular flexibility index (Phi) is 33.9. The van der Waals surface area contributed by atoms with Crippen molar-refractivity contribution in [1.29, 1.82) is 0 Å². The third-order valence-corrected chi connectivity index (χ3v) is 22.2. The molecular formula is C82H132N4O2. The average molecular weight is 1210 g/mol. The summed E-state index contributed by atoms with van der Waals surface area (Å²) < 4.78 is 13.0. The highest BCUT2D eigenvalue weighted by Crippen LogP contribution is 2.40. The quantitative estimate of drug-likeness (QED) is 0.0417. The molecule has 4 aliphatic rings. The number of hydrogen-bond acceptors (Lipinski definition) is 6. The lowest BCUT2D eigenvalue weighted by molar-refractivity contribution is 0.256. The van der Waals surface area contributed by atoms with Gasteiger partial charge in [0.15, 0.2) is 0 Å². The van der Waals surface area contributed by atoms with Crippen LogP contribution in [-0.2, 0) is 51.4 Å². The van der Waals surface area contributed by atoms with Gasteiger partial charge in [-0.1, -0.05) is 248 Å². The van der Waals surface area contributed by atoms with Gasteiger partial charge in [0.25, 0.3) is 0 Å². The maximum Gasteiger partial charge on any atom is 0.146 e. The molecule has 4 aromatic rings. The first-order valence-electron chi connectivity index (χ1n) is 38.5. The minimum absolute atomic E-state index is 0.789. The van der Waals surface area contributed by atoms with Gasteiger partial charge in [-0.3, -0.25) is 19.9 Å². The van der Waals surface area contributed by atoms with Crippen LogP contribution in [0, 0.1) is 47.3 Å². The predicted octanol–water partition coefficient (Wildman–Crippen LogP) is 24.8. The molecule has 492 valence electrons. The van der Waals surface area contributed by atoms with E-state index < -0.39 is 0 Å². The highest BCUT2D eigenvalue weighted by molar-refractivity contribution is 5.38. The number of aromatic nitrogens is 4. The van der Waals surface area contributed by atoms with E-state index in [1.54, 1.807) is 0 Å². The van der Waals surface area contributed by atoms with Crippen LogP contribution in [0.5, 0.6) is 23.0 Å². The standard InChI is InChI=1S/C42H68N2O.C40H64N2O/c1-5-9-11-13-15-17-33-19-23-35(24-20-33)27-37-29-39(31-43-41(37)7-3)45-40-30-38(42(8-4)44-32-40)28-36-25-21-34(22-26-36)18-16-14-12-10-6-2;1-5-9-11-13-15-31-17-21-33(22-18-31)25-35-27-37(29-41-39(35)7-3)43-38-28-36(40(8-4)42-30-38)26-34-23-19-32(20-24-34)16-14-12-10-6-2/h29-36H,5-28H2,1-4H3;27-34H,5-26H2,1-4H3/t33-,34-,35-,36-;31-,32-,33-,34-. The molecule has 4 saturated carbocycles. The molecule has 0 unspecified atom stereocenters. The van der Waals surface area contributed by atoms with Gasteiger partial charge >= 0.3 is 0 Å². The number of rotatable bonds is 38. The Morgan fingerprint density at radius 3 is 0.659 bits per heavy atom. The van der Waals surface area contributed by atoms with Crippen molar-refractivity contribution in [2.24, 2.45) is 47.3 Å². The second kappa shape index (κ2) is 41.6. The van der Waals surface area contributed by atoms with E-state index in [4.69, 9.17) is 29.4 Å². The van der Waals surface area contributed by atoms with Gasteiger partial charge in [-0.2, -0.15) is 0 Å². The average Bonchev–Trinajstić information content (AvgIpc) is 3.75. The first kappa shape index (κ1) is 71.6. The zero-order valence-corrected chi connectivity index (χ0v) is 58.4. The highest BCUT2D eigenvalue weighted by atomic mass is 16.5. The number of pyridine rings is 4. The molecule has 0 spiro atoms. The summed E-state index contributed by atoms with van der Waals surface area (Å²) in [6.07, 6.45) is 69.7. The van der Waals surface area contributed by atoms with Crippen molar-refractivity contribution in [3.63, 3.8) is 0 Å². The van der Waals surface area contributed by atoms with Gasteiger partial charge in [-0.05, 0) is 197 Å². The minimum atomic E-state index is 0.789. The second-order valence-electron chi connectivity index (χ2n) is 29.2. The molecule has 8 rings (SSSR count). The molecule has 0 amide bonds. The molecular weight excluding hydrogens is 1070 g/mol. The van der Waals surface area contributed by atoms with E-state index in [9.17, 15) is 0 Å². The lowest BCUT2D eigenvalue weighted by atomic mass is 9.77. The Hall–Kier alpha value is -3.80. The van der Waals surface area contributed by atoms with Crippen molar-refractivity contribution in [2.75, 3.05) is 0 Å². The zero-order chi connectivity index (χ0) is 62.0. The normalized spacial score (nSPS) is 22.3. The van der Waals surface area contributed by atoms with Crippen molar-refractivity contribution in [2.45, 2.75) is 351 Å². The van der Waals surface area contributed by atoms with Crippen LogP contribution in [0.2, 0.25) is 0 Å². The van der Waals surface area contributed by atoms with Gasteiger partial charge in [-0.15, -0.1) is 0 Å². The molecule has 4 aromatic heterocycles. The molecule has 0 bridgehead atoms. The van der Waals surface area contributed by atoms with E-state index in [0.29, 0.717) is 0 Å². The van der Waals surface area contributed by atoms with Gasteiger partial charge in [-0.25, -0.2) is 0 Å². The smallest absolute Gasteiger partial charge is 0.146 e. The monoisotopic (exact) mass is 1210 g/mol. The summed E-state index contributed by atoms with van der Waals surface area (Å²) in [5.74, 6) is 10.5. The van der Waals surface area contributed by atoms with Crippen LogP contribution in [0.4, 0.5) is 0 Å². The van der Waals surface area contributed by atoms with Gasteiger partial charge in [0.2, 0.25) is 0 Å². The molecule has 4 fully saturated rings. The van der Waals surface area contributed by atoms with Crippen molar-refractivity contribution >= 4 is 0 Å². The third-order valence-electron chi connectivity index (χ3n) is 22.2. The SMILES string of the molecule is CCCCCCC[C@H]1CC[C@H](Cc2cc(Oc3cnc(CC)c(C[C@H]4CC[C@H](CCCCCCC)CC4)c3)cnc2CC)CC1.CCCCCC[C@H]1CC[C@H](Cc2cc(Oc3cnc(CC)c(C[C@H]4CC[C@H](CCCCCC)CC4)c3)cnc2CC)CC1. The van der Waals surface area contributed by atoms with Crippen molar-refractivity contribution in [3.05, 3.63) is 94.1 Å². The van der Waals surface area contributed by atoms with Gasteiger partial charge in [0.05, 0.1) is 24.8 Å². The molecule has 88 heavy (non-hydrogen) atoms. The molecule has 6 heteroatoms. The maximum absolute atomic E-state index is 6.49. The molecule has 0 saturated heterocycles. The molecule has 6 nitrogen and oxygen atoms in total. The minimum Gasteiger partial charge on any atom is -0.454 e. The lowest BCUT2D eigenvalue weighted by Gasteiger charge is -2.29. The first-order valence-corrected chi connectivity index (χ1v) is 38.5. The Bertz CT molecular complexity index is 2300. The maximum atomic E-state index is 6.49. The summed E-state index contributed by atoms with van der Waals surface area (Å²) >= 11 is 0. The summed E-state index contributed by atoms with van der Waals surface area (Å²) in [6.45, 7) is 18.2. The Balaban J connectivity index is 0.000000251. The lowest BCUT2D eigenvalue weighted by Crippen LogP contribution is -2.17. The van der Waals surface area contributed by atoms with Crippen molar-refractivity contribution < 1.29 is 9.47 Å². The van der Waals surface area contributed by atoms with Crippen LogP contribution in [0.3, 0.4) is 0 Å². The summed E-state index contributed by atoms with van der Waals surface area (Å²) in [6, 6.07) is 9.17. The first-order chi connectivity index (χ1) is 43.2. The predicted molar refractivity (Wildman–Crippen MR) is 375 cm³/mol. The number of nitrogens with zero attached hydrogens (tertiary/aromatic N) is 4. The van der Waals surface area contributed by atoms with Crippen LogP contribution >= 0.6 is 0 Å². The second-order valence-corrected chi connectivity index (χ2v) is 29.2. The van der Waals surface area contributed by atoms with Crippen LogP contribution in [-0.4, -0.2) is 19.9 Å². The zero-order valence-electron chi connectivity index (χ0n) is 58.4. The highest BCUT2D eigenvalue weighted by Gasteiger charge is 2.27. The van der Waals surface area contributed by atoms with Crippen molar-refractivity contribution in [3.8, 4) is 23.0 Å². The summed E-state index contributed by atoms with van der Waals surface area (Å²) in [5, 5.41) is 0. The van der Waals surface area contributed by atoms with E-state index >= 15 is 0 Å². The largest absolute Gasteiger partial charge is 0.454 e. The van der Waals surface area contributed by atoms with E-state index in [0.717, 1.165) is 122 Å². The fourth-order valence-electron chi connectivity index (χ4n) is 16.5. The van der Waals surface area contributed by atoms with Crippen LogP contribution < -0.4 is 9.47 Å². The number of ether oxygens (including phenoxy) is 2. The van der Waals surface area contributed by atoms with E-state index in [2.05, 4.69) is 79.7 Å². The molecule has 0 N–H and O–H groups in total. The number of hydrogen-bond donors (Lipinski definition) is 0. The molecule has 0 radical (unpaired) electrons. The molecule has 0 atom stereocenters. The van der Waals surface area contributed by atoms with E-state index in [1.807, 2.05) is 24.8 Å². The topological polar surface area (TPSA) is 70.0 Å². The number of unbranched alkanes of at least 4 members (excludes halogenated alkanes) is 14. The molecule has 0 aliphatic heterocycles. The molecule has 4 aliphatic carbocycles. The van der Waals surface area contributed by atoms with E-state index in [1.165, 1.54) is 289 Å². The van der Waals surface area contributed by atoms with Gasteiger partial charge in [0, 0.05) is 22.8 Å². The van der Waals surface area contributed by atoms with Gasteiger partial charge < -0.3 is 9.47 Å². The molecule has 0 aromatic carbocycles. The fraction of sp³-hybridized carbons (Fsp3) is 0.756. The van der Waals surface area contributed by atoms with Crippen LogP contribution in [0.15, 0.2) is 49.1 Å². The van der Waals surface area contributed by atoms with Gasteiger partial charge in [0.1, 0.15) is 23.0 Å². The summed E-state index contributed by atoms with van der Waals surface area (Å²) in [4.78, 5) is 19.5. The number of aryl methyl sites for hydroxylation is 4. The van der Waals surface area contributed by atoms with E-state index in [-0.39, 0.29) is 0 Å². The Morgan fingerprint density at radius 1 is 0.261 bits per heavy atom. The summed E-state index contributed by atoms with van der Waals surface area (Å²) in [5.41, 5.74) is 10.6. The third kappa shape index (κ3) is 25.4. The van der Waals surface area contributed by atoms with Crippen LogP contribution in [0.25, 0.3) is 0 Å². The molecule has 4 heterocycles. The Morgan fingerprint density at radius 2 is 0.455 bits per heavy atom. The Labute approximate surface area is 541 Å².